The second-order valence-electron chi connectivity index (χ2n) is 10.3. The molecule has 0 saturated heterocycles. The van der Waals surface area contributed by atoms with Crippen LogP contribution in [0.3, 0.4) is 0 Å². The lowest BCUT2D eigenvalue weighted by Crippen LogP contribution is -2.26. The zero-order valence-corrected chi connectivity index (χ0v) is 24.3. The Morgan fingerprint density at radius 2 is 1.18 bits per heavy atom. The van der Waals surface area contributed by atoms with E-state index in [2.05, 4.69) is 111 Å². The van der Waals surface area contributed by atoms with Crippen LogP contribution in [0.5, 0.6) is 0 Å². The van der Waals surface area contributed by atoms with E-state index < -0.39 is 5.41 Å². The molecule has 2 rings (SSSR count). The maximum Gasteiger partial charge on any atom is 0.0718 e. The van der Waals surface area contributed by atoms with Crippen LogP contribution in [0.1, 0.15) is 47.5 Å². The van der Waals surface area contributed by atoms with E-state index in [1.54, 1.807) is 0 Å². The molecule has 0 fully saturated rings. The van der Waals surface area contributed by atoms with Crippen molar-refractivity contribution in [1.29, 1.82) is 0 Å². The Bertz CT molecular complexity index is 1250. The zero-order valence-electron chi connectivity index (χ0n) is 24.3. The first-order valence-corrected chi connectivity index (χ1v) is 13.6. The summed E-state index contributed by atoms with van der Waals surface area (Å²) in [5, 5.41) is 0. The molecule has 38 heavy (non-hydrogen) atoms. The van der Waals surface area contributed by atoms with Crippen molar-refractivity contribution in [2.75, 3.05) is 0 Å². The molecule has 1 unspecified atom stereocenters. The topological polar surface area (TPSA) is 0 Å². The number of hydrogen-bond donors (Lipinski definition) is 0. The second-order valence-corrected chi connectivity index (χ2v) is 10.3. The summed E-state index contributed by atoms with van der Waals surface area (Å²) >= 11 is 0. The van der Waals surface area contributed by atoms with Crippen molar-refractivity contribution in [2.24, 2.45) is 16.7 Å². The van der Waals surface area contributed by atoms with Gasteiger partial charge in [0.15, 0.2) is 0 Å². The molecule has 198 valence electrons. The quantitative estimate of drug-likeness (QED) is 0.164. The molecular weight excluding hydrogens is 456 g/mol. The van der Waals surface area contributed by atoms with Crippen molar-refractivity contribution in [3.63, 3.8) is 0 Å². The van der Waals surface area contributed by atoms with Crippen LogP contribution in [0.2, 0.25) is 0 Å². The molecule has 0 heteroatoms. The maximum absolute atomic E-state index is 4.30. The van der Waals surface area contributed by atoms with Crippen molar-refractivity contribution in [1.82, 2.24) is 0 Å². The van der Waals surface area contributed by atoms with Gasteiger partial charge < -0.3 is 0 Å². The normalized spacial score (nSPS) is 21.3. The van der Waals surface area contributed by atoms with Gasteiger partial charge in [-0.2, -0.15) is 0 Å². The van der Waals surface area contributed by atoms with Crippen LogP contribution in [0, 0.1) is 16.7 Å². The van der Waals surface area contributed by atoms with Crippen molar-refractivity contribution in [2.45, 2.75) is 47.5 Å². The van der Waals surface area contributed by atoms with Gasteiger partial charge in [-0.1, -0.05) is 146 Å². The molecule has 2 atom stereocenters. The van der Waals surface area contributed by atoms with Gasteiger partial charge in [-0.15, -0.1) is 13.2 Å². The van der Waals surface area contributed by atoms with Crippen LogP contribution in [-0.2, 0) is 0 Å². The fraction of sp³-hybridized carbons (Fsp3) is 0.263. The van der Waals surface area contributed by atoms with Crippen LogP contribution < -0.4 is 0 Å². The average Bonchev–Trinajstić information content (AvgIpc) is 3.35. The minimum Gasteiger partial charge on any atom is -0.102 e. The predicted molar refractivity (Wildman–Crippen MR) is 172 cm³/mol. The second kappa shape index (κ2) is 13.2. The van der Waals surface area contributed by atoms with Crippen molar-refractivity contribution >= 4 is 0 Å². The highest BCUT2D eigenvalue weighted by Crippen LogP contribution is 2.64. The standard InChI is InChI=1S/C38H46/c1-12-20-22-33-29(15-4)30(16-5)34(23-21-13-2)38(33)35(25-24-28(9)14-3)31(17-6)32(18-7)36(38)26-27-37(10,11)19-8/h12-15,18-28H,1-4,7-8,16-17H2,5-6,9-11H3/b22-20-,23-21-,25-24-,27-26-/t28?,38-/m0/s1. The average molecular weight is 503 g/mol. The minimum atomic E-state index is -0.534. The fourth-order valence-corrected chi connectivity index (χ4v) is 5.47. The Morgan fingerprint density at radius 1 is 0.711 bits per heavy atom. The van der Waals surface area contributed by atoms with Crippen LogP contribution in [0.25, 0.3) is 0 Å². The maximum atomic E-state index is 4.30. The molecule has 0 aliphatic heterocycles. The van der Waals surface area contributed by atoms with Crippen molar-refractivity contribution in [3.05, 3.63) is 169 Å². The highest BCUT2D eigenvalue weighted by Gasteiger charge is 2.52. The Morgan fingerprint density at radius 3 is 1.61 bits per heavy atom. The molecule has 1 spiro atoms. The van der Waals surface area contributed by atoms with Gasteiger partial charge in [0.05, 0.1) is 5.41 Å². The number of hydrogen-bond acceptors (Lipinski definition) is 0. The Labute approximate surface area is 233 Å². The first-order valence-electron chi connectivity index (χ1n) is 13.6. The third-order valence-corrected chi connectivity index (χ3v) is 7.55. The molecule has 2 aliphatic carbocycles. The molecular formula is C38H46. The van der Waals surface area contributed by atoms with Crippen LogP contribution in [0.15, 0.2) is 169 Å². The zero-order chi connectivity index (χ0) is 28.5. The molecule has 0 radical (unpaired) electrons. The smallest absolute Gasteiger partial charge is 0.0718 e. The monoisotopic (exact) mass is 502 g/mol. The predicted octanol–water partition coefficient (Wildman–Crippen LogP) is 11.0. The van der Waals surface area contributed by atoms with Gasteiger partial charge in [-0.25, -0.2) is 0 Å². The first kappa shape index (κ1) is 30.6. The Hall–Kier alpha value is -3.64. The molecule has 0 aromatic heterocycles. The van der Waals surface area contributed by atoms with Gasteiger partial charge in [0.25, 0.3) is 0 Å². The summed E-state index contributed by atoms with van der Waals surface area (Å²) in [6, 6.07) is 0. The summed E-state index contributed by atoms with van der Waals surface area (Å²) in [5.41, 5.74) is 9.20. The lowest BCUT2D eigenvalue weighted by Gasteiger charge is -2.35. The SMILES string of the molecule is C=C/C=C\C1=C(C=C)C(CC)=C(/C=C\C=C)[C@@]12C(/C=C\C(C)(C)C=C)=C(C=C)C(CC)=C2/C=C\C(C)C=C. The number of allylic oxidation sites excluding steroid dienone is 22. The van der Waals surface area contributed by atoms with Gasteiger partial charge in [-0.3, -0.25) is 0 Å². The van der Waals surface area contributed by atoms with Crippen molar-refractivity contribution in [3.8, 4) is 0 Å². The molecule has 0 aromatic rings. The highest BCUT2D eigenvalue weighted by molar-refractivity contribution is 5.80. The van der Waals surface area contributed by atoms with Crippen LogP contribution in [0.4, 0.5) is 0 Å². The molecule has 0 amide bonds. The molecule has 0 N–H and O–H groups in total. The summed E-state index contributed by atoms with van der Waals surface area (Å²) in [6.07, 6.45) is 31.1. The summed E-state index contributed by atoms with van der Waals surface area (Å²) in [7, 11) is 0. The molecule has 0 nitrogen and oxygen atoms in total. The summed E-state index contributed by atoms with van der Waals surface area (Å²) in [4.78, 5) is 0. The molecule has 0 saturated carbocycles. The van der Waals surface area contributed by atoms with E-state index in [1.807, 2.05) is 48.6 Å². The summed E-state index contributed by atoms with van der Waals surface area (Å²) in [5.74, 6) is 0.238. The van der Waals surface area contributed by atoms with Crippen LogP contribution in [-0.4, -0.2) is 0 Å². The third kappa shape index (κ3) is 5.46. The molecule has 2 aliphatic rings. The van der Waals surface area contributed by atoms with Crippen LogP contribution >= 0.6 is 0 Å². The molecule has 0 bridgehead atoms. The van der Waals surface area contributed by atoms with Gasteiger partial charge in [0, 0.05) is 5.41 Å². The summed E-state index contributed by atoms with van der Waals surface area (Å²) in [6.45, 7) is 35.6. The van der Waals surface area contributed by atoms with E-state index in [0.717, 1.165) is 12.8 Å². The van der Waals surface area contributed by atoms with E-state index in [1.165, 1.54) is 44.6 Å². The fourth-order valence-electron chi connectivity index (χ4n) is 5.47. The van der Waals surface area contributed by atoms with Gasteiger partial charge >= 0.3 is 0 Å². The lowest BCUT2D eigenvalue weighted by molar-refractivity contribution is 0.622. The van der Waals surface area contributed by atoms with E-state index in [4.69, 9.17) is 0 Å². The van der Waals surface area contributed by atoms with E-state index >= 15 is 0 Å². The van der Waals surface area contributed by atoms with E-state index in [-0.39, 0.29) is 11.3 Å². The summed E-state index contributed by atoms with van der Waals surface area (Å²) < 4.78 is 0. The largest absolute Gasteiger partial charge is 0.102 e. The third-order valence-electron chi connectivity index (χ3n) is 7.55. The Balaban J connectivity index is 3.29. The molecule has 0 aromatic carbocycles. The molecule has 0 heterocycles. The number of rotatable bonds is 14. The highest BCUT2D eigenvalue weighted by atomic mass is 14.5. The van der Waals surface area contributed by atoms with Gasteiger partial charge in [0.2, 0.25) is 0 Å². The Kier molecular flexibility index (Phi) is 10.7. The van der Waals surface area contributed by atoms with Gasteiger partial charge in [0.1, 0.15) is 0 Å². The van der Waals surface area contributed by atoms with E-state index in [0.29, 0.717) is 0 Å². The van der Waals surface area contributed by atoms with E-state index in [9.17, 15) is 0 Å². The lowest BCUT2D eigenvalue weighted by atomic mass is 9.66. The van der Waals surface area contributed by atoms with Crippen molar-refractivity contribution < 1.29 is 0 Å². The first-order chi connectivity index (χ1) is 18.2. The van der Waals surface area contributed by atoms with Gasteiger partial charge in [-0.05, 0) is 63.3 Å². The minimum absolute atomic E-state index is 0.169.